The second-order valence-corrected chi connectivity index (χ2v) is 7.35. The number of allylic oxidation sites excluding steroid dienone is 1. The molecule has 6 heteroatoms. The lowest BCUT2D eigenvalue weighted by Gasteiger charge is -2.34. The molecule has 0 aliphatic heterocycles. The van der Waals surface area contributed by atoms with Gasteiger partial charge in [0.15, 0.2) is 0 Å². The van der Waals surface area contributed by atoms with Crippen molar-refractivity contribution in [3.63, 3.8) is 0 Å². The van der Waals surface area contributed by atoms with Crippen LogP contribution in [0.3, 0.4) is 0 Å². The second-order valence-electron chi connectivity index (χ2n) is 7.35. The van der Waals surface area contributed by atoms with Crippen LogP contribution in [0.2, 0.25) is 0 Å². The zero-order valence-electron chi connectivity index (χ0n) is 15.7. The highest BCUT2D eigenvalue weighted by atomic mass is 16.6. The summed E-state index contributed by atoms with van der Waals surface area (Å²) in [6.45, 7) is 0. The van der Waals surface area contributed by atoms with Crippen LogP contribution < -0.4 is 0 Å². The maximum absolute atomic E-state index is 5.10. The molecule has 3 aromatic heterocycles. The van der Waals surface area contributed by atoms with Crippen LogP contribution in [0.25, 0.3) is 6.08 Å². The molecule has 0 spiro atoms. The summed E-state index contributed by atoms with van der Waals surface area (Å²) in [5.41, 5.74) is 6.18. The maximum Gasteiger partial charge on any atom is 0.117 e. The summed E-state index contributed by atoms with van der Waals surface area (Å²) in [6, 6.07) is 8.31. The minimum absolute atomic E-state index is 0.291. The monoisotopic (exact) mass is 371 g/mol. The van der Waals surface area contributed by atoms with E-state index in [9.17, 15) is 0 Å². The Bertz CT molecular complexity index is 996. The first-order chi connectivity index (χ1) is 13.8. The topological polar surface area (TPSA) is 76.1 Å². The number of oxime groups is 1. The van der Waals surface area contributed by atoms with Crippen LogP contribution in [-0.4, -0.2) is 33.0 Å². The van der Waals surface area contributed by atoms with Gasteiger partial charge in [0.1, 0.15) is 18.5 Å². The van der Waals surface area contributed by atoms with Crippen molar-refractivity contribution in [2.24, 2.45) is 11.1 Å². The van der Waals surface area contributed by atoms with Crippen molar-refractivity contribution in [2.45, 2.75) is 24.7 Å². The summed E-state index contributed by atoms with van der Waals surface area (Å²) in [5.74, 6) is 0.452. The van der Waals surface area contributed by atoms with Gasteiger partial charge >= 0.3 is 0 Å². The number of aromatic amines is 1. The predicted molar refractivity (Wildman–Crippen MR) is 107 cm³/mol. The zero-order chi connectivity index (χ0) is 19.0. The van der Waals surface area contributed by atoms with E-state index in [0.717, 1.165) is 41.9 Å². The van der Waals surface area contributed by atoms with Crippen LogP contribution in [-0.2, 0) is 16.7 Å². The third kappa shape index (κ3) is 2.72. The van der Waals surface area contributed by atoms with Gasteiger partial charge < -0.3 is 4.84 Å². The molecule has 0 radical (unpaired) electrons. The first-order valence-corrected chi connectivity index (χ1v) is 9.51. The quantitative estimate of drug-likeness (QED) is 0.550. The fourth-order valence-electron chi connectivity index (χ4n) is 4.09. The van der Waals surface area contributed by atoms with Gasteiger partial charge in [-0.1, -0.05) is 17.3 Å². The van der Waals surface area contributed by atoms with Crippen molar-refractivity contribution in [1.82, 2.24) is 20.2 Å². The third-order valence-corrected chi connectivity index (χ3v) is 5.66. The van der Waals surface area contributed by atoms with Crippen LogP contribution in [0.5, 0.6) is 0 Å². The number of rotatable bonds is 5. The van der Waals surface area contributed by atoms with E-state index in [1.165, 1.54) is 11.1 Å². The first kappa shape index (κ1) is 16.9. The Balaban J connectivity index is 1.62. The molecular weight excluding hydrogens is 350 g/mol. The summed E-state index contributed by atoms with van der Waals surface area (Å²) < 4.78 is 0. The van der Waals surface area contributed by atoms with E-state index in [2.05, 4.69) is 61.7 Å². The molecule has 2 aliphatic rings. The third-order valence-electron chi connectivity index (χ3n) is 5.66. The van der Waals surface area contributed by atoms with Crippen LogP contribution in [0.4, 0.5) is 0 Å². The van der Waals surface area contributed by atoms with Crippen molar-refractivity contribution in [3.05, 3.63) is 83.2 Å². The number of nitrogens with zero attached hydrogens (tertiary/aromatic N) is 4. The van der Waals surface area contributed by atoms with E-state index in [1.54, 1.807) is 7.11 Å². The van der Waals surface area contributed by atoms with E-state index in [1.807, 2.05) is 24.8 Å². The Morgan fingerprint density at radius 2 is 1.71 bits per heavy atom. The molecule has 0 unspecified atom stereocenters. The highest BCUT2D eigenvalue weighted by molar-refractivity contribution is 6.04. The van der Waals surface area contributed by atoms with E-state index < -0.39 is 0 Å². The number of nitrogens with one attached hydrogen (secondary N) is 1. The Hall–Kier alpha value is -3.28. The van der Waals surface area contributed by atoms with Crippen molar-refractivity contribution < 1.29 is 4.84 Å². The number of fused-ring (bicyclic) bond motifs is 1. The molecule has 28 heavy (non-hydrogen) atoms. The fraction of sp³-hybridized carbons (Fsp3) is 0.273. The largest absolute Gasteiger partial charge is 0.399 e. The Labute approximate surface area is 163 Å². The molecule has 1 N–H and O–H groups in total. The number of hydrogen-bond acceptors (Lipinski definition) is 5. The first-order valence-electron chi connectivity index (χ1n) is 9.51. The minimum atomic E-state index is -0.291. The molecule has 3 aromatic rings. The summed E-state index contributed by atoms with van der Waals surface area (Å²) in [6.07, 6.45) is 14.9. The molecule has 0 amide bonds. The van der Waals surface area contributed by atoms with Gasteiger partial charge in [-0.3, -0.25) is 15.1 Å². The van der Waals surface area contributed by atoms with Gasteiger partial charge in [-0.05, 0) is 48.2 Å². The number of H-pyrrole nitrogens is 1. The predicted octanol–water partition coefficient (Wildman–Crippen LogP) is 3.52. The molecule has 6 nitrogen and oxygen atoms in total. The molecule has 0 aromatic carbocycles. The van der Waals surface area contributed by atoms with Crippen molar-refractivity contribution in [2.75, 3.05) is 7.11 Å². The molecule has 0 saturated heterocycles. The molecule has 1 saturated carbocycles. The molecule has 140 valence electrons. The summed E-state index contributed by atoms with van der Waals surface area (Å²) in [4.78, 5) is 13.5. The molecule has 0 bridgehead atoms. The normalized spacial score (nSPS) is 18.0. The number of pyridine rings is 2. The van der Waals surface area contributed by atoms with Gasteiger partial charge in [-0.2, -0.15) is 5.10 Å². The molecule has 0 atom stereocenters. The molecule has 5 rings (SSSR count). The molecule has 2 aliphatic carbocycles. The highest BCUT2D eigenvalue weighted by Gasteiger charge is 2.39. The smallest absolute Gasteiger partial charge is 0.117 e. The standard InChI is InChI=1S/C22H21N5O/c1-28-27-20(15-2-3-15)21-18-4-9-22(14-19(18)25-26-21,16-5-10-23-11-6-16)17-7-12-24-13-8-17/h4-13,15H,2-3,14H2,1H3,(H,25,26). The zero-order valence-corrected chi connectivity index (χ0v) is 15.7. The average Bonchev–Trinajstić information content (AvgIpc) is 3.52. The summed E-state index contributed by atoms with van der Waals surface area (Å²) in [5, 5.41) is 12.2. The molecule has 1 fully saturated rings. The SMILES string of the molecule is CON=C(c1n[nH]c2c1C=CC(c1ccncc1)(c1ccncc1)C2)C1CC1. The molecule has 3 heterocycles. The van der Waals surface area contributed by atoms with Crippen LogP contribution in [0.1, 0.15) is 40.9 Å². The maximum atomic E-state index is 5.10. The van der Waals surface area contributed by atoms with Gasteiger partial charge in [0.25, 0.3) is 0 Å². The van der Waals surface area contributed by atoms with E-state index in [0.29, 0.717) is 5.92 Å². The van der Waals surface area contributed by atoms with Crippen LogP contribution >= 0.6 is 0 Å². The fourth-order valence-corrected chi connectivity index (χ4v) is 4.09. The van der Waals surface area contributed by atoms with Gasteiger partial charge in [0.2, 0.25) is 0 Å². The Morgan fingerprint density at radius 1 is 1.07 bits per heavy atom. The number of hydrogen-bond donors (Lipinski definition) is 1. The highest BCUT2D eigenvalue weighted by Crippen LogP contribution is 2.42. The van der Waals surface area contributed by atoms with Crippen molar-refractivity contribution >= 4 is 11.8 Å². The summed E-state index contributed by atoms with van der Waals surface area (Å²) >= 11 is 0. The van der Waals surface area contributed by atoms with Crippen molar-refractivity contribution in [3.8, 4) is 0 Å². The van der Waals surface area contributed by atoms with E-state index >= 15 is 0 Å². The minimum Gasteiger partial charge on any atom is -0.399 e. The number of aromatic nitrogens is 4. The average molecular weight is 371 g/mol. The van der Waals surface area contributed by atoms with Crippen LogP contribution in [0.15, 0.2) is 60.3 Å². The van der Waals surface area contributed by atoms with Crippen LogP contribution in [0, 0.1) is 5.92 Å². The lowest BCUT2D eigenvalue weighted by atomic mass is 9.69. The van der Waals surface area contributed by atoms with E-state index in [4.69, 9.17) is 4.84 Å². The van der Waals surface area contributed by atoms with Gasteiger partial charge in [0.05, 0.1) is 0 Å². The Morgan fingerprint density at radius 3 is 2.29 bits per heavy atom. The van der Waals surface area contributed by atoms with Gasteiger partial charge in [0, 0.05) is 53.8 Å². The second kappa shape index (κ2) is 6.71. The molecular formula is C22H21N5O. The summed E-state index contributed by atoms with van der Waals surface area (Å²) in [7, 11) is 1.59. The van der Waals surface area contributed by atoms with Gasteiger partial charge in [-0.25, -0.2) is 0 Å². The Kier molecular flexibility index (Phi) is 4.04. The lowest BCUT2D eigenvalue weighted by Crippen LogP contribution is -2.30. The van der Waals surface area contributed by atoms with E-state index in [-0.39, 0.29) is 5.41 Å². The van der Waals surface area contributed by atoms with Crippen molar-refractivity contribution in [1.29, 1.82) is 0 Å². The lowest BCUT2D eigenvalue weighted by molar-refractivity contribution is 0.212. The van der Waals surface area contributed by atoms with Gasteiger partial charge in [-0.15, -0.1) is 0 Å².